The molecule has 0 aliphatic carbocycles. The van der Waals surface area contributed by atoms with E-state index in [1.54, 1.807) is 30.1 Å². The average Bonchev–Trinajstić information content (AvgIpc) is 3.05. The van der Waals surface area contributed by atoms with Crippen molar-refractivity contribution < 1.29 is 13.9 Å². The number of fused-ring (bicyclic) bond motifs is 1. The van der Waals surface area contributed by atoms with E-state index in [4.69, 9.17) is 4.74 Å². The summed E-state index contributed by atoms with van der Waals surface area (Å²) in [5, 5.41) is 7.34. The van der Waals surface area contributed by atoms with Crippen LogP contribution in [0.1, 0.15) is 23.5 Å². The van der Waals surface area contributed by atoms with Gasteiger partial charge >= 0.3 is 0 Å². The first-order valence-electron chi connectivity index (χ1n) is 7.93. The first-order chi connectivity index (χ1) is 12.2. The van der Waals surface area contributed by atoms with Crippen molar-refractivity contribution in [2.45, 2.75) is 12.3 Å². The van der Waals surface area contributed by atoms with Gasteiger partial charge in [-0.3, -0.25) is 4.79 Å². The van der Waals surface area contributed by atoms with Gasteiger partial charge in [0.2, 0.25) is 5.91 Å². The zero-order chi connectivity index (χ0) is 17.4. The Balaban J connectivity index is 1.76. The van der Waals surface area contributed by atoms with Crippen molar-refractivity contribution in [1.82, 2.24) is 9.78 Å². The number of methoxy groups -OCH3 is 1. The van der Waals surface area contributed by atoms with Crippen molar-refractivity contribution in [3.05, 3.63) is 71.7 Å². The van der Waals surface area contributed by atoms with Crippen molar-refractivity contribution in [2.24, 2.45) is 0 Å². The summed E-state index contributed by atoms with van der Waals surface area (Å²) < 4.78 is 20.1. The molecule has 2 aromatic carbocycles. The highest BCUT2D eigenvalue weighted by molar-refractivity contribution is 5.94. The van der Waals surface area contributed by atoms with Gasteiger partial charge < -0.3 is 10.1 Å². The van der Waals surface area contributed by atoms with E-state index in [-0.39, 0.29) is 17.6 Å². The summed E-state index contributed by atoms with van der Waals surface area (Å²) >= 11 is 0. The number of halogens is 1. The number of hydrogen-bond donors (Lipinski definition) is 1. The van der Waals surface area contributed by atoms with Crippen LogP contribution in [0.5, 0.6) is 5.75 Å². The van der Waals surface area contributed by atoms with Crippen LogP contribution in [0.3, 0.4) is 0 Å². The third-order valence-corrected chi connectivity index (χ3v) is 4.41. The van der Waals surface area contributed by atoms with Gasteiger partial charge in [0.05, 0.1) is 19.0 Å². The Bertz CT molecular complexity index is 917. The summed E-state index contributed by atoms with van der Waals surface area (Å²) in [5.74, 6) is 0.875. The third-order valence-electron chi connectivity index (χ3n) is 4.41. The molecular weight excluding hydrogens is 321 g/mol. The van der Waals surface area contributed by atoms with Crippen molar-refractivity contribution in [3.63, 3.8) is 0 Å². The van der Waals surface area contributed by atoms with Crippen LogP contribution in [0.15, 0.2) is 54.7 Å². The van der Waals surface area contributed by atoms with Crippen LogP contribution < -0.4 is 10.1 Å². The molecule has 4 rings (SSSR count). The average molecular weight is 337 g/mol. The molecule has 0 spiro atoms. The molecule has 2 heterocycles. The van der Waals surface area contributed by atoms with Crippen molar-refractivity contribution in [3.8, 4) is 11.4 Å². The Labute approximate surface area is 144 Å². The van der Waals surface area contributed by atoms with Gasteiger partial charge in [-0.15, -0.1) is 0 Å². The van der Waals surface area contributed by atoms with Crippen molar-refractivity contribution in [2.75, 3.05) is 12.4 Å². The topological polar surface area (TPSA) is 56.1 Å². The van der Waals surface area contributed by atoms with Gasteiger partial charge in [0.15, 0.2) is 0 Å². The molecule has 0 saturated heterocycles. The molecular formula is C19H16FN3O2. The molecule has 1 atom stereocenters. The molecule has 25 heavy (non-hydrogen) atoms. The molecule has 1 aliphatic heterocycles. The van der Waals surface area contributed by atoms with E-state index in [9.17, 15) is 9.18 Å². The molecule has 1 N–H and O–H groups in total. The lowest BCUT2D eigenvalue weighted by Crippen LogP contribution is -2.24. The molecule has 5 nitrogen and oxygen atoms in total. The Kier molecular flexibility index (Phi) is 3.72. The van der Waals surface area contributed by atoms with Crippen molar-refractivity contribution in [1.29, 1.82) is 0 Å². The molecule has 1 unspecified atom stereocenters. The Morgan fingerprint density at radius 2 is 1.88 bits per heavy atom. The summed E-state index contributed by atoms with van der Waals surface area (Å²) in [5.41, 5.74) is 2.64. The molecule has 0 bridgehead atoms. The number of benzene rings is 2. The van der Waals surface area contributed by atoms with Crippen LogP contribution in [0.4, 0.5) is 10.2 Å². The fourth-order valence-electron chi connectivity index (χ4n) is 3.13. The highest BCUT2D eigenvalue weighted by atomic mass is 19.1. The van der Waals surface area contributed by atoms with Crippen LogP contribution in [0.25, 0.3) is 5.69 Å². The van der Waals surface area contributed by atoms with Gasteiger partial charge in [-0.2, -0.15) is 5.10 Å². The molecule has 6 heteroatoms. The summed E-state index contributed by atoms with van der Waals surface area (Å²) in [7, 11) is 1.61. The molecule has 1 amide bonds. The van der Waals surface area contributed by atoms with E-state index in [0.29, 0.717) is 12.2 Å². The molecule has 1 aromatic heterocycles. The maximum absolute atomic E-state index is 13.2. The first-order valence-corrected chi connectivity index (χ1v) is 7.93. The molecule has 0 saturated carbocycles. The van der Waals surface area contributed by atoms with Crippen LogP contribution in [-0.2, 0) is 4.79 Å². The second kappa shape index (κ2) is 6.05. The molecule has 0 radical (unpaired) electrons. The number of aromatic nitrogens is 2. The highest BCUT2D eigenvalue weighted by Gasteiger charge is 2.30. The fraction of sp³-hybridized carbons (Fsp3) is 0.158. The maximum atomic E-state index is 13.2. The van der Waals surface area contributed by atoms with Crippen molar-refractivity contribution >= 4 is 11.7 Å². The van der Waals surface area contributed by atoms with Gasteiger partial charge in [0, 0.05) is 17.9 Å². The highest BCUT2D eigenvalue weighted by Crippen LogP contribution is 2.38. The number of amides is 1. The van der Waals surface area contributed by atoms with E-state index >= 15 is 0 Å². The lowest BCUT2D eigenvalue weighted by Gasteiger charge is -2.23. The third kappa shape index (κ3) is 2.76. The quantitative estimate of drug-likeness (QED) is 0.796. The van der Waals surface area contributed by atoms with E-state index < -0.39 is 0 Å². The first kappa shape index (κ1) is 15.4. The van der Waals surface area contributed by atoms with Crippen LogP contribution in [-0.4, -0.2) is 22.8 Å². The number of carbonyl (C=O) groups excluding carboxylic acids is 1. The summed E-state index contributed by atoms with van der Waals surface area (Å²) in [6.45, 7) is 0. The molecule has 1 aliphatic rings. The molecule has 3 aromatic rings. The van der Waals surface area contributed by atoms with E-state index in [1.807, 2.05) is 24.3 Å². The second-order valence-electron chi connectivity index (χ2n) is 5.91. The number of nitrogens with one attached hydrogen (secondary N) is 1. The van der Waals surface area contributed by atoms with Gasteiger partial charge in [0.1, 0.15) is 17.4 Å². The predicted octanol–water partition coefficient (Wildman–Crippen LogP) is 3.49. The smallest absolute Gasteiger partial charge is 0.226 e. The summed E-state index contributed by atoms with van der Waals surface area (Å²) in [4.78, 5) is 12.2. The standard InChI is InChI=1S/C19H16FN3O2/c1-25-15-8-6-14(7-9-15)23-19-17(11-21-23)16(10-18(24)22-19)12-2-4-13(20)5-3-12/h2-9,11,16H,10H2,1H3,(H,22,24). The Morgan fingerprint density at radius 1 is 1.16 bits per heavy atom. The van der Waals surface area contributed by atoms with Crippen LogP contribution in [0.2, 0.25) is 0 Å². The number of carbonyl (C=O) groups is 1. The van der Waals surface area contributed by atoms with Gasteiger partial charge in [-0.1, -0.05) is 12.1 Å². The number of anilines is 1. The number of hydrogen-bond acceptors (Lipinski definition) is 3. The number of nitrogens with zero attached hydrogens (tertiary/aromatic N) is 2. The van der Waals surface area contributed by atoms with Gasteiger partial charge in [-0.25, -0.2) is 9.07 Å². The van der Waals surface area contributed by atoms with Crippen LogP contribution >= 0.6 is 0 Å². The minimum atomic E-state index is -0.293. The fourth-order valence-corrected chi connectivity index (χ4v) is 3.13. The Morgan fingerprint density at radius 3 is 2.56 bits per heavy atom. The van der Waals surface area contributed by atoms with E-state index in [0.717, 1.165) is 22.6 Å². The number of ether oxygens (including phenoxy) is 1. The molecule has 126 valence electrons. The summed E-state index contributed by atoms with van der Waals surface area (Å²) in [6.07, 6.45) is 2.07. The minimum Gasteiger partial charge on any atom is -0.497 e. The minimum absolute atomic E-state index is 0.0860. The SMILES string of the molecule is COc1ccc(-n2ncc3c2NC(=O)CC3c2ccc(F)cc2)cc1. The van der Waals surface area contributed by atoms with E-state index in [1.165, 1.54) is 12.1 Å². The predicted molar refractivity (Wildman–Crippen MR) is 91.6 cm³/mol. The lowest BCUT2D eigenvalue weighted by molar-refractivity contribution is -0.116. The summed E-state index contributed by atoms with van der Waals surface area (Å²) in [6, 6.07) is 13.7. The monoisotopic (exact) mass is 337 g/mol. The lowest BCUT2D eigenvalue weighted by atomic mass is 9.87. The number of rotatable bonds is 3. The Hall–Kier alpha value is -3.15. The van der Waals surface area contributed by atoms with Gasteiger partial charge in [-0.05, 0) is 42.0 Å². The van der Waals surface area contributed by atoms with E-state index in [2.05, 4.69) is 10.4 Å². The molecule has 0 fully saturated rings. The zero-order valence-electron chi connectivity index (χ0n) is 13.6. The largest absolute Gasteiger partial charge is 0.497 e. The van der Waals surface area contributed by atoms with Gasteiger partial charge in [0.25, 0.3) is 0 Å². The maximum Gasteiger partial charge on any atom is 0.226 e. The zero-order valence-corrected chi connectivity index (χ0v) is 13.6. The normalized spacial score (nSPS) is 16.2. The van der Waals surface area contributed by atoms with Crippen LogP contribution in [0, 0.1) is 5.82 Å². The second-order valence-corrected chi connectivity index (χ2v) is 5.91.